The van der Waals surface area contributed by atoms with Crippen molar-refractivity contribution in [3.8, 4) is 0 Å². The fraction of sp³-hybridized carbons (Fsp3) is 0.667. The zero-order valence-electron chi connectivity index (χ0n) is 3.63. The van der Waals surface area contributed by atoms with Crippen molar-refractivity contribution in [1.29, 1.82) is 0 Å². The molecule has 1 saturated heterocycles. The van der Waals surface area contributed by atoms with Gasteiger partial charge in [0.15, 0.2) is 0 Å². The first-order chi connectivity index (χ1) is 3.30. The third-order valence-corrected chi connectivity index (χ3v) is 1.07. The van der Waals surface area contributed by atoms with Crippen LogP contribution in [0.1, 0.15) is 0 Å². The van der Waals surface area contributed by atoms with Gasteiger partial charge in [-0.25, -0.2) is 0 Å². The van der Waals surface area contributed by atoms with E-state index in [4.69, 9.17) is 0 Å². The summed E-state index contributed by atoms with van der Waals surface area (Å²) in [6, 6.07) is 0. The SMILES string of the molecule is O=C1COCN1S. The van der Waals surface area contributed by atoms with Crippen LogP contribution in [0.2, 0.25) is 0 Å². The number of amides is 1. The Morgan fingerprint density at radius 1 is 1.86 bits per heavy atom. The molecule has 0 radical (unpaired) electrons. The highest BCUT2D eigenvalue weighted by Crippen LogP contribution is 2.01. The van der Waals surface area contributed by atoms with Crippen molar-refractivity contribution in [1.82, 2.24) is 4.31 Å². The second-order valence-electron chi connectivity index (χ2n) is 1.27. The van der Waals surface area contributed by atoms with Crippen LogP contribution in [0.15, 0.2) is 0 Å². The maximum Gasteiger partial charge on any atom is 0.260 e. The van der Waals surface area contributed by atoms with Crippen molar-refractivity contribution < 1.29 is 9.53 Å². The zero-order chi connectivity index (χ0) is 5.28. The maximum absolute atomic E-state index is 10.3. The van der Waals surface area contributed by atoms with Crippen LogP contribution in [0.4, 0.5) is 0 Å². The van der Waals surface area contributed by atoms with Crippen LogP contribution >= 0.6 is 12.8 Å². The summed E-state index contributed by atoms with van der Waals surface area (Å²) >= 11 is 3.75. The Bertz CT molecular complexity index is 94.9. The van der Waals surface area contributed by atoms with E-state index in [9.17, 15) is 4.79 Å². The van der Waals surface area contributed by atoms with Gasteiger partial charge in [-0.05, 0) is 0 Å². The number of thiol groups is 1. The van der Waals surface area contributed by atoms with Gasteiger partial charge in [-0.3, -0.25) is 9.10 Å². The minimum absolute atomic E-state index is 0.0664. The highest BCUT2D eigenvalue weighted by Gasteiger charge is 2.16. The number of hydrogen-bond acceptors (Lipinski definition) is 3. The van der Waals surface area contributed by atoms with Crippen LogP contribution in [0.25, 0.3) is 0 Å². The van der Waals surface area contributed by atoms with Gasteiger partial charge in [0, 0.05) is 0 Å². The molecule has 0 aromatic carbocycles. The highest BCUT2D eigenvalue weighted by molar-refractivity contribution is 7.78. The fourth-order valence-electron chi connectivity index (χ4n) is 0.366. The highest BCUT2D eigenvalue weighted by atomic mass is 32.1. The molecule has 0 unspecified atom stereocenters. The molecule has 40 valence electrons. The Hall–Kier alpha value is -0.220. The number of carbonyl (C=O) groups excluding carboxylic acids is 1. The summed E-state index contributed by atoms with van der Waals surface area (Å²) < 4.78 is 5.91. The third kappa shape index (κ3) is 0.863. The largest absolute Gasteiger partial charge is 0.350 e. The monoisotopic (exact) mass is 119 g/mol. The molecule has 1 aliphatic heterocycles. The lowest BCUT2D eigenvalue weighted by molar-refractivity contribution is -0.122. The van der Waals surface area contributed by atoms with E-state index in [1.54, 1.807) is 0 Å². The van der Waals surface area contributed by atoms with Gasteiger partial charge >= 0.3 is 0 Å². The zero-order valence-corrected chi connectivity index (χ0v) is 4.52. The number of nitrogens with zero attached hydrogens (tertiary/aromatic N) is 1. The van der Waals surface area contributed by atoms with Crippen molar-refractivity contribution in [2.24, 2.45) is 0 Å². The molecule has 1 fully saturated rings. The second-order valence-corrected chi connectivity index (χ2v) is 1.75. The van der Waals surface area contributed by atoms with Gasteiger partial charge < -0.3 is 4.74 Å². The van der Waals surface area contributed by atoms with Crippen LogP contribution in [0, 0.1) is 0 Å². The molecule has 0 N–H and O–H groups in total. The Balaban J connectivity index is 2.48. The Labute approximate surface area is 46.8 Å². The lowest BCUT2D eigenvalue weighted by Gasteiger charge is -1.98. The molecule has 0 saturated carbocycles. The number of carbonyl (C=O) groups is 1. The van der Waals surface area contributed by atoms with Crippen LogP contribution in [-0.2, 0) is 9.53 Å². The van der Waals surface area contributed by atoms with Gasteiger partial charge in [0.1, 0.15) is 13.3 Å². The van der Waals surface area contributed by atoms with Gasteiger partial charge in [-0.15, -0.1) is 0 Å². The molecular weight excluding hydrogens is 114 g/mol. The van der Waals surface area contributed by atoms with Gasteiger partial charge in [0.25, 0.3) is 5.91 Å². The van der Waals surface area contributed by atoms with E-state index >= 15 is 0 Å². The summed E-state index contributed by atoms with van der Waals surface area (Å²) in [4.78, 5) is 10.3. The van der Waals surface area contributed by atoms with E-state index in [-0.39, 0.29) is 12.5 Å². The minimum Gasteiger partial charge on any atom is -0.350 e. The molecule has 4 heteroatoms. The van der Waals surface area contributed by atoms with Crippen molar-refractivity contribution in [2.75, 3.05) is 13.3 Å². The predicted octanol–water partition coefficient (Wildman–Crippen LogP) is -0.353. The van der Waals surface area contributed by atoms with Crippen molar-refractivity contribution in [2.45, 2.75) is 0 Å². The average molecular weight is 119 g/mol. The Kier molecular flexibility index (Phi) is 1.21. The molecular formula is C3H5NO2S. The van der Waals surface area contributed by atoms with Crippen molar-refractivity contribution in [3.63, 3.8) is 0 Å². The number of rotatable bonds is 0. The van der Waals surface area contributed by atoms with Crippen LogP contribution < -0.4 is 0 Å². The lowest BCUT2D eigenvalue weighted by Crippen LogP contribution is -2.13. The lowest BCUT2D eigenvalue weighted by atomic mass is 10.7. The second kappa shape index (κ2) is 1.71. The molecule has 1 rings (SSSR count). The Morgan fingerprint density at radius 3 is 2.71 bits per heavy atom. The first-order valence-corrected chi connectivity index (χ1v) is 2.27. The third-order valence-electron chi connectivity index (χ3n) is 0.727. The first-order valence-electron chi connectivity index (χ1n) is 1.87. The predicted molar refractivity (Wildman–Crippen MR) is 26.7 cm³/mol. The van der Waals surface area contributed by atoms with E-state index in [0.717, 1.165) is 0 Å². The maximum atomic E-state index is 10.3. The van der Waals surface area contributed by atoms with Crippen LogP contribution in [-0.4, -0.2) is 23.6 Å². The van der Waals surface area contributed by atoms with E-state index in [1.807, 2.05) is 0 Å². The molecule has 1 aliphatic rings. The quantitative estimate of drug-likeness (QED) is 0.441. The van der Waals surface area contributed by atoms with Crippen molar-refractivity contribution in [3.05, 3.63) is 0 Å². The van der Waals surface area contributed by atoms with Crippen molar-refractivity contribution >= 4 is 18.7 Å². The summed E-state index contributed by atoms with van der Waals surface area (Å²) in [5.74, 6) is -0.0664. The summed E-state index contributed by atoms with van der Waals surface area (Å²) in [7, 11) is 0. The average Bonchev–Trinajstić information content (AvgIpc) is 1.91. The minimum atomic E-state index is -0.0664. The van der Waals surface area contributed by atoms with Gasteiger partial charge in [-0.2, -0.15) is 0 Å². The van der Waals surface area contributed by atoms with E-state index in [1.165, 1.54) is 4.31 Å². The van der Waals surface area contributed by atoms with E-state index in [0.29, 0.717) is 6.73 Å². The summed E-state index contributed by atoms with van der Waals surface area (Å²) in [6.07, 6.45) is 0. The van der Waals surface area contributed by atoms with Gasteiger partial charge in [0.2, 0.25) is 0 Å². The van der Waals surface area contributed by atoms with Crippen LogP contribution in [0.3, 0.4) is 0 Å². The van der Waals surface area contributed by atoms with E-state index < -0.39 is 0 Å². The molecule has 0 spiro atoms. The molecule has 0 bridgehead atoms. The standard InChI is InChI=1S/C3H5NO2S/c5-3-1-6-2-4(3)7/h7H,1-2H2. The van der Waals surface area contributed by atoms with Gasteiger partial charge in [-0.1, -0.05) is 12.8 Å². The smallest absolute Gasteiger partial charge is 0.260 e. The Morgan fingerprint density at radius 2 is 2.57 bits per heavy atom. The fourth-order valence-corrected chi connectivity index (χ4v) is 0.505. The molecule has 1 amide bonds. The number of ether oxygens (including phenoxy) is 1. The summed E-state index contributed by atoms with van der Waals surface area (Å²) in [6.45, 7) is 0.505. The number of hydrogen-bond donors (Lipinski definition) is 1. The summed E-state index contributed by atoms with van der Waals surface area (Å²) in [5.41, 5.74) is 0. The molecule has 0 aliphatic carbocycles. The van der Waals surface area contributed by atoms with E-state index in [2.05, 4.69) is 17.6 Å². The first kappa shape index (κ1) is 4.93. The molecule has 7 heavy (non-hydrogen) atoms. The normalized spacial score (nSPS) is 21.3. The summed E-state index contributed by atoms with van der Waals surface area (Å²) in [5, 5.41) is 0. The van der Waals surface area contributed by atoms with Crippen LogP contribution in [0.5, 0.6) is 0 Å². The molecule has 3 nitrogen and oxygen atoms in total. The topological polar surface area (TPSA) is 29.5 Å². The molecule has 0 atom stereocenters. The molecule has 0 aromatic heterocycles. The van der Waals surface area contributed by atoms with Gasteiger partial charge in [0.05, 0.1) is 0 Å². The molecule has 1 heterocycles. The molecule has 0 aromatic rings.